The fourth-order valence-electron chi connectivity index (χ4n) is 8.47. The Labute approximate surface area is 389 Å². The van der Waals surface area contributed by atoms with Gasteiger partial charge in [0, 0.05) is 48.2 Å². The summed E-state index contributed by atoms with van der Waals surface area (Å²) < 4.78 is 22.9. The van der Waals surface area contributed by atoms with E-state index in [1.54, 1.807) is 38.1 Å². The standard InChI is InChI=1S/C46H56N6O16/c1-20(2)36(47)43(61)51-26(8-6-14-49-44(48)62)42(60)50-23-12-10-22(11-13-23)19-66-45(63)52-27-15-31(67-21(3)37(27)55)68-29-17-46(64,30(54)18-53)16-25-33(29)41(59)35-34(39(25)57)38(56)24-7-5-9-28(65-4)32(24)40(35)58/h5,7,9-13,20-21,26-27,29,31,36-37,53,55,57,59,64H,6,8,14-19,47H2,1-4H3,(H,50,60)(H,51,61)(H,52,63)(H3,48,49,62)/t21-,26?,27-,29-,31-,36-,37+,46-/m0/s1. The lowest BCUT2D eigenvalue weighted by molar-refractivity contribution is -0.249. The van der Waals surface area contributed by atoms with Crippen LogP contribution in [0.5, 0.6) is 17.2 Å². The highest BCUT2D eigenvalue weighted by molar-refractivity contribution is 6.31. The third-order valence-electron chi connectivity index (χ3n) is 12.3. The molecular formula is C46H56N6O16. The highest BCUT2D eigenvalue weighted by Crippen LogP contribution is 2.52. The molecule has 1 saturated heterocycles. The van der Waals surface area contributed by atoms with Gasteiger partial charge in [-0.2, -0.15) is 0 Å². The zero-order valence-corrected chi connectivity index (χ0v) is 37.7. The van der Waals surface area contributed by atoms with Gasteiger partial charge in [0.2, 0.25) is 17.6 Å². The number of carbonyl (C=O) groups excluding carboxylic acids is 7. The molecule has 0 spiro atoms. The fraction of sp³-hybridized carbons (Fsp3) is 0.457. The van der Waals surface area contributed by atoms with Crippen molar-refractivity contribution < 1.29 is 78.0 Å². The number of hydrogen-bond acceptors (Lipinski definition) is 17. The van der Waals surface area contributed by atoms with Gasteiger partial charge in [-0.3, -0.25) is 24.0 Å². The van der Waals surface area contributed by atoms with Crippen molar-refractivity contribution in [3.05, 3.63) is 81.4 Å². The molecule has 1 fully saturated rings. The van der Waals surface area contributed by atoms with Crippen molar-refractivity contribution in [3.8, 4) is 17.2 Å². The van der Waals surface area contributed by atoms with Crippen LogP contribution < -0.4 is 37.5 Å². The molecule has 0 radical (unpaired) electrons. The summed E-state index contributed by atoms with van der Waals surface area (Å²) in [5, 5.41) is 66.3. The van der Waals surface area contributed by atoms with Gasteiger partial charge in [0.25, 0.3) is 0 Å². The molecule has 6 rings (SSSR count). The van der Waals surface area contributed by atoms with Gasteiger partial charge in [-0.25, -0.2) is 9.59 Å². The largest absolute Gasteiger partial charge is 0.507 e. The van der Waals surface area contributed by atoms with E-state index >= 15 is 0 Å². The van der Waals surface area contributed by atoms with Gasteiger partial charge in [0.15, 0.2) is 17.9 Å². The van der Waals surface area contributed by atoms with Crippen LogP contribution in [-0.2, 0) is 41.6 Å². The summed E-state index contributed by atoms with van der Waals surface area (Å²) in [6.07, 6.45) is -7.24. The lowest BCUT2D eigenvalue weighted by Gasteiger charge is -2.42. The third-order valence-corrected chi connectivity index (χ3v) is 12.3. The van der Waals surface area contributed by atoms with Crippen LogP contribution in [-0.4, -0.2) is 129 Å². The Balaban J connectivity index is 1.13. The molecular weight excluding hydrogens is 893 g/mol. The van der Waals surface area contributed by atoms with Crippen molar-refractivity contribution in [2.24, 2.45) is 17.4 Å². The maximum Gasteiger partial charge on any atom is 0.407 e. The molecule has 3 aliphatic rings. The van der Waals surface area contributed by atoms with E-state index in [1.165, 1.54) is 32.2 Å². The van der Waals surface area contributed by atoms with E-state index in [-0.39, 0.29) is 59.9 Å². The summed E-state index contributed by atoms with van der Waals surface area (Å²) in [7, 11) is 1.29. The number of carbonyl (C=O) groups is 7. The molecule has 3 aromatic rings. The van der Waals surface area contributed by atoms with Crippen LogP contribution >= 0.6 is 0 Å². The minimum absolute atomic E-state index is 0.0323. The molecule has 8 atom stereocenters. The Morgan fingerprint density at radius 3 is 2.31 bits per heavy atom. The molecule has 22 nitrogen and oxygen atoms in total. The SMILES string of the molecule is COc1cccc2c1C(=O)c1c(O)c3c(c(O)c1C2=O)C[C@@](O)(C(=O)CO)C[C@@H]3O[C@H]1C[C@H](NC(=O)OCc2ccc(NC(=O)C(CCCNC(N)=O)NC(=O)[C@@H](N)C(C)C)cc2)[C@H](O)[C@H](C)O1. The quantitative estimate of drug-likeness (QED) is 0.0516. The van der Waals surface area contributed by atoms with Gasteiger partial charge < -0.3 is 77.2 Å². The molecule has 366 valence electrons. The number of amides is 5. The number of aliphatic hydroxyl groups excluding tert-OH is 2. The molecule has 2 aliphatic carbocycles. The smallest absolute Gasteiger partial charge is 0.407 e. The van der Waals surface area contributed by atoms with Gasteiger partial charge in [0.1, 0.15) is 48.2 Å². The molecule has 0 bridgehead atoms. The van der Waals surface area contributed by atoms with Gasteiger partial charge in [-0.15, -0.1) is 0 Å². The number of nitrogens with one attached hydrogen (secondary N) is 4. The van der Waals surface area contributed by atoms with Crippen LogP contribution in [0.4, 0.5) is 15.3 Å². The first-order valence-corrected chi connectivity index (χ1v) is 21.8. The Hall–Kier alpha value is -6.69. The number of phenols is 2. The number of phenolic OH excluding ortho intramolecular Hbond substituents is 2. The summed E-state index contributed by atoms with van der Waals surface area (Å²) >= 11 is 0. The molecule has 0 saturated carbocycles. The predicted molar refractivity (Wildman–Crippen MR) is 238 cm³/mol. The number of fused-ring (bicyclic) bond motifs is 3. The molecule has 13 N–H and O–H groups in total. The number of methoxy groups -OCH3 is 1. The number of ketones is 3. The second-order valence-corrected chi connectivity index (χ2v) is 17.3. The van der Waals surface area contributed by atoms with E-state index in [1.807, 2.05) is 0 Å². The number of urea groups is 1. The highest BCUT2D eigenvalue weighted by Gasteiger charge is 2.50. The zero-order valence-electron chi connectivity index (χ0n) is 37.7. The van der Waals surface area contributed by atoms with Crippen LogP contribution in [0, 0.1) is 5.92 Å². The average Bonchev–Trinajstić information content (AvgIpc) is 3.30. The van der Waals surface area contributed by atoms with Gasteiger partial charge >= 0.3 is 12.1 Å². The summed E-state index contributed by atoms with van der Waals surface area (Å²) in [4.78, 5) is 91.0. The molecule has 3 aromatic carbocycles. The summed E-state index contributed by atoms with van der Waals surface area (Å²) in [6, 6.07) is 6.82. The molecule has 1 unspecified atom stereocenters. The van der Waals surface area contributed by atoms with Gasteiger partial charge in [0.05, 0.1) is 48.1 Å². The Bertz CT molecular complexity index is 2460. The Kier molecular flexibility index (Phi) is 15.7. The van der Waals surface area contributed by atoms with E-state index in [9.17, 15) is 59.1 Å². The van der Waals surface area contributed by atoms with Crippen LogP contribution in [0.15, 0.2) is 42.5 Å². The van der Waals surface area contributed by atoms with Gasteiger partial charge in [-0.1, -0.05) is 38.1 Å². The number of ether oxygens (including phenoxy) is 4. The molecule has 5 amide bonds. The number of Topliss-reactive ketones (excluding diaryl/α,β-unsaturated/α-hetero) is 1. The van der Waals surface area contributed by atoms with E-state index in [2.05, 4.69) is 21.3 Å². The normalized spacial score (nSPS) is 22.7. The molecule has 0 aromatic heterocycles. The van der Waals surface area contributed by atoms with E-state index in [0.717, 1.165) is 0 Å². The maximum atomic E-state index is 14.0. The number of alkyl carbamates (subject to hydrolysis) is 1. The zero-order chi connectivity index (χ0) is 49.8. The van der Waals surface area contributed by atoms with Crippen molar-refractivity contribution in [1.29, 1.82) is 0 Å². The monoisotopic (exact) mass is 948 g/mol. The number of anilines is 1. The van der Waals surface area contributed by atoms with Crippen molar-refractivity contribution in [2.75, 3.05) is 25.6 Å². The molecule has 1 aliphatic heterocycles. The second-order valence-electron chi connectivity index (χ2n) is 17.3. The van der Waals surface area contributed by atoms with Crippen molar-refractivity contribution in [1.82, 2.24) is 16.0 Å². The van der Waals surface area contributed by atoms with Crippen LogP contribution in [0.2, 0.25) is 0 Å². The molecule has 1 heterocycles. The summed E-state index contributed by atoms with van der Waals surface area (Å²) in [6.45, 7) is 3.81. The molecule has 22 heteroatoms. The summed E-state index contributed by atoms with van der Waals surface area (Å²) in [5.41, 5.74) is 7.62. The van der Waals surface area contributed by atoms with E-state index in [0.29, 0.717) is 17.7 Å². The topological polar surface area (TPSA) is 358 Å². The average molecular weight is 949 g/mol. The van der Waals surface area contributed by atoms with E-state index < -0.39 is 132 Å². The lowest BCUT2D eigenvalue weighted by Crippen LogP contribution is -2.56. The van der Waals surface area contributed by atoms with Gasteiger partial charge in [-0.05, 0) is 49.4 Å². The highest BCUT2D eigenvalue weighted by atomic mass is 16.7. The lowest BCUT2D eigenvalue weighted by atomic mass is 9.72. The van der Waals surface area contributed by atoms with Crippen LogP contribution in [0.3, 0.4) is 0 Å². The first-order chi connectivity index (χ1) is 32.2. The van der Waals surface area contributed by atoms with E-state index in [4.69, 9.17) is 30.4 Å². The minimum Gasteiger partial charge on any atom is -0.507 e. The maximum absolute atomic E-state index is 14.0. The number of benzene rings is 3. The fourth-order valence-corrected chi connectivity index (χ4v) is 8.47. The number of rotatable bonds is 17. The van der Waals surface area contributed by atoms with Crippen molar-refractivity contribution >= 4 is 47.0 Å². The minimum atomic E-state index is -2.40. The number of aromatic hydroxyl groups is 2. The number of hydrogen-bond donors (Lipinski definition) is 11. The van der Waals surface area contributed by atoms with Crippen molar-refractivity contribution in [3.63, 3.8) is 0 Å². The summed E-state index contributed by atoms with van der Waals surface area (Å²) in [5.74, 6) is -5.55. The predicted octanol–water partition coefficient (Wildman–Crippen LogP) is 0.824. The Morgan fingerprint density at radius 1 is 0.971 bits per heavy atom. The number of aliphatic hydroxyl groups is 3. The molecule has 68 heavy (non-hydrogen) atoms. The Morgan fingerprint density at radius 2 is 1.66 bits per heavy atom. The number of nitrogens with two attached hydrogens (primary N) is 2. The number of primary amides is 1. The first-order valence-electron chi connectivity index (χ1n) is 21.8. The first kappa shape index (κ1) is 50.7. The third kappa shape index (κ3) is 10.7. The second kappa shape index (κ2) is 21.1. The van der Waals surface area contributed by atoms with Crippen molar-refractivity contribution in [2.45, 2.75) is 108 Å². The van der Waals surface area contributed by atoms with Crippen LogP contribution in [0.25, 0.3) is 0 Å². The van der Waals surface area contributed by atoms with Crippen LogP contribution in [0.1, 0.15) is 101 Å².